The van der Waals surface area contributed by atoms with Crippen molar-refractivity contribution in [3.8, 4) is 23.0 Å². The molecule has 14 nitrogen and oxygen atoms in total. The number of carbonyl (C=O) groups excluding carboxylic acids is 5. The maximum atomic E-state index is 13.5. The summed E-state index contributed by atoms with van der Waals surface area (Å²) in [5.74, 6) is -0.581. The van der Waals surface area contributed by atoms with Crippen LogP contribution in [0, 0.1) is 0 Å². The lowest BCUT2D eigenvalue weighted by Gasteiger charge is -2.18. The predicted octanol–water partition coefficient (Wildman–Crippen LogP) is 10.2. The summed E-state index contributed by atoms with van der Waals surface area (Å²) in [4.78, 5) is 67.2. The van der Waals surface area contributed by atoms with Gasteiger partial charge in [-0.1, -0.05) is 56.7 Å². The number of amidine groups is 1. The number of ether oxygens (including phenoxy) is 6. The Hall–Kier alpha value is -7.00. The van der Waals surface area contributed by atoms with E-state index >= 15 is 0 Å². The zero-order valence-electron chi connectivity index (χ0n) is 37.4. The molecule has 0 unspecified atom stereocenters. The monoisotopic (exact) mass is 919 g/mol. The van der Waals surface area contributed by atoms with Gasteiger partial charge < -0.3 is 28.4 Å². The fourth-order valence-corrected chi connectivity index (χ4v) is 6.64. The summed E-state index contributed by atoms with van der Waals surface area (Å²) in [7, 11) is 0. The molecular formula is C51H57N3O11S. The van der Waals surface area contributed by atoms with Crippen LogP contribution in [-0.2, 0) is 23.9 Å². The van der Waals surface area contributed by atoms with Crippen LogP contribution in [-0.4, -0.2) is 78.4 Å². The second-order valence-corrected chi connectivity index (χ2v) is 15.5. The SMILES string of the molecule is C=CC(=O)OCCCCCCOc1ccc(C(=O)Oc2ccc(OC(=O)c3ccc(OCCCCCCOC(=O)C=C)cc3)c(/C=N/N(C(=O)CCC)/C3=N/C(=C)/C=C\C=C/CS3)c2)cc1. The van der Waals surface area contributed by atoms with Crippen LogP contribution >= 0.6 is 11.8 Å². The van der Waals surface area contributed by atoms with Crippen LogP contribution in [0.25, 0.3) is 0 Å². The molecule has 3 aromatic rings. The standard InChI is InChI=1S/C51H57N3O11S/c1-5-19-46(55)54(51-53-38(4)20-13-12-18-35-66-51)52-37-41-36-44(64-49(58)39-21-25-42(26-22-39)60-31-14-8-10-16-33-62-47(56)6-2)29-30-45(41)65-50(59)40-23-27-43(28-24-40)61-32-15-9-11-17-34-63-48(57)7-3/h6-7,12-13,18,20-30,36-37H,2-5,8-11,14-17,19,31-35H2,1H3/b18-12-,20-13-,52-37+,53-51-. The first-order valence-electron chi connectivity index (χ1n) is 21.8. The van der Waals surface area contributed by atoms with Gasteiger partial charge in [0.05, 0.1) is 49.5 Å². The van der Waals surface area contributed by atoms with Gasteiger partial charge in [-0.2, -0.15) is 10.1 Å². The van der Waals surface area contributed by atoms with Crippen LogP contribution in [0.3, 0.4) is 0 Å². The number of nitrogens with zero attached hydrogens (tertiary/aromatic N) is 3. The fraction of sp³-hybridized carbons (Fsp3) is 0.314. The molecule has 1 heterocycles. The molecule has 0 spiro atoms. The van der Waals surface area contributed by atoms with Crippen molar-refractivity contribution < 1.29 is 52.4 Å². The minimum Gasteiger partial charge on any atom is -0.494 e. The van der Waals surface area contributed by atoms with Gasteiger partial charge in [-0.05, 0) is 131 Å². The number of benzene rings is 3. The maximum absolute atomic E-state index is 13.5. The summed E-state index contributed by atoms with van der Waals surface area (Å²) in [6, 6.07) is 17.6. The minimum absolute atomic E-state index is 0.0861. The number of hydrogen-bond donors (Lipinski definition) is 0. The maximum Gasteiger partial charge on any atom is 0.343 e. The van der Waals surface area contributed by atoms with E-state index in [4.69, 9.17) is 28.4 Å². The molecule has 1 amide bonds. The highest BCUT2D eigenvalue weighted by Crippen LogP contribution is 2.27. The molecule has 4 rings (SSSR count). The lowest BCUT2D eigenvalue weighted by atomic mass is 10.2. The molecule has 348 valence electrons. The summed E-state index contributed by atoms with van der Waals surface area (Å²) in [5, 5.41) is 6.05. The van der Waals surface area contributed by atoms with Gasteiger partial charge in [0.15, 0.2) is 5.17 Å². The van der Waals surface area contributed by atoms with Gasteiger partial charge in [-0.25, -0.2) is 24.2 Å². The summed E-state index contributed by atoms with van der Waals surface area (Å²) in [6.45, 7) is 14.3. The molecule has 66 heavy (non-hydrogen) atoms. The number of aliphatic imine (C=N–C) groups is 1. The second-order valence-electron chi connectivity index (χ2n) is 14.5. The first kappa shape index (κ1) is 51.6. The zero-order valence-corrected chi connectivity index (χ0v) is 38.2. The highest BCUT2D eigenvalue weighted by atomic mass is 32.2. The molecular weight excluding hydrogens is 863 g/mol. The number of thioether (sulfide) groups is 1. The number of hydrazone groups is 1. The largest absolute Gasteiger partial charge is 0.494 e. The average Bonchev–Trinajstić information content (AvgIpc) is 3.43. The van der Waals surface area contributed by atoms with E-state index in [-0.39, 0.29) is 40.5 Å². The number of hydrogen-bond acceptors (Lipinski definition) is 14. The van der Waals surface area contributed by atoms with Crippen molar-refractivity contribution >= 4 is 52.9 Å². The lowest BCUT2D eigenvalue weighted by molar-refractivity contribution is -0.138. The van der Waals surface area contributed by atoms with Crippen LogP contribution in [0.4, 0.5) is 0 Å². The van der Waals surface area contributed by atoms with Crippen LogP contribution in [0.5, 0.6) is 23.0 Å². The third-order valence-electron chi connectivity index (χ3n) is 9.29. The molecule has 3 aromatic carbocycles. The number of rotatable bonds is 26. The average molecular weight is 920 g/mol. The zero-order chi connectivity index (χ0) is 47.4. The van der Waals surface area contributed by atoms with Crippen molar-refractivity contribution in [1.82, 2.24) is 5.01 Å². The predicted molar refractivity (Wildman–Crippen MR) is 256 cm³/mol. The van der Waals surface area contributed by atoms with Crippen molar-refractivity contribution in [2.24, 2.45) is 10.1 Å². The van der Waals surface area contributed by atoms with Crippen LogP contribution in [0.1, 0.15) is 97.4 Å². The molecule has 0 atom stereocenters. The Balaban J connectivity index is 1.46. The first-order chi connectivity index (χ1) is 32.1. The molecule has 1 aliphatic rings. The number of allylic oxidation sites excluding steroid dienone is 3. The minimum atomic E-state index is -0.670. The number of amides is 1. The van der Waals surface area contributed by atoms with Gasteiger partial charge in [-0.15, -0.1) is 0 Å². The van der Waals surface area contributed by atoms with Crippen molar-refractivity contribution in [1.29, 1.82) is 0 Å². The number of unbranched alkanes of at least 4 members (excludes halogenated alkanes) is 6. The van der Waals surface area contributed by atoms with E-state index < -0.39 is 23.9 Å². The highest BCUT2D eigenvalue weighted by molar-refractivity contribution is 8.13. The van der Waals surface area contributed by atoms with Crippen molar-refractivity contribution in [3.63, 3.8) is 0 Å². The van der Waals surface area contributed by atoms with E-state index in [2.05, 4.69) is 29.8 Å². The van der Waals surface area contributed by atoms with Crippen LogP contribution in [0.2, 0.25) is 0 Å². The molecule has 0 N–H and O–H groups in total. The third-order valence-corrected chi connectivity index (χ3v) is 10.2. The molecule has 0 saturated heterocycles. The Morgan fingerprint density at radius 2 is 1.23 bits per heavy atom. The number of esters is 4. The Labute approximate surface area is 390 Å². The molecule has 0 bridgehead atoms. The summed E-state index contributed by atoms with van der Waals surface area (Å²) >= 11 is 1.30. The number of carbonyl (C=O) groups is 5. The molecule has 1 aliphatic heterocycles. The molecule has 0 saturated carbocycles. The first-order valence-corrected chi connectivity index (χ1v) is 22.8. The topological polar surface area (TPSA) is 169 Å². The quantitative estimate of drug-likeness (QED) is 0.0187. The third kappa shape index (κ3) is 19.0. The van der Waals surface area contributed by atoms with Crippen molar-refractivity contribution in [2.75, 3.05) is 32.2 Å². The Morgan fingerprint density at radius 3 is 1.77 bits per heavy atom. The van der Waals surface area contributed by atoms with Crippen LogP contribution in [0.15, 0.2) is 139 Å². The van der Waals surface area contributed by atoms with E-state index in [0.29, 0.717) is 61.0 Å². The highest BCUT2D eigenvalue weighted by Gasteiger charge is 2.21. The Bertz CT molecular complexity index is 2250. The van der Waals surface area contributed by atoms with Gasteiger partial charge in [-0.3, -0.25) is 4.79 Å². The molecule has 0 aromatic heterocycles. The van der Waals surface area contributed by atoms with Gasteiger partial charge >= 0.3 is 23.9 Å². The molecule has 0 radical (unpaired) electrons. The lowest BCUT2D eigenvalue weighted by Crippen LogP contribution is -2.31. The molecule has 15 heteroatoms. The van der Waals surface area contributed by atoms with Gasteiger partial charge in [0.1, 0.15) is 23.0 Å². The van der Waals surface area contributed by atoms with Crippen molar-refractivity contribution in [3.05, 3.63) is 145 Å². The smallest absolute Gasteiger partial charge is 0.343 e. The van der Waals surface area contributed by atoms with Crippen LogP contribution < -0.4 is 18.9 Å². The summed E-state index contributed by atoms with van der Waals surface area (Å²) < 4.78 is 33.3. The summed E-state index contributed by atoms with van der Waals surface area (Å²) in [6.07, 6.45) is 18.4. The molecule has 0 aliphatic carbocycles. The van der Waals surface area contributed by atoms with Gasteiger partial charge in [0.2, 0.25) is 5.91 Å². The normalized spacial score (nSPS) is 14.0. The van der Waals surface area contributed by atoms with E-state index in [1.54, 1.807) is 54.6 Å². The fourth-order valence-electron chi connectivity index (χ4n) is 5.83. The second kappa shape index (κ2) is 29.4. The van der Waals surface area contributed by atoms with Gasteiger partial charge in [0, 0.05) is 29.9 Å². The van der Waals surface area contributed by atoms with E-state index in [9.17, 15) is 24.0 Å². The van der Waals surface area contributed by atoms with E-state index in [1.165, 1.54) is 41.2 Å². The van der Waals surface area contributed by atoms with E-state index in [1.807, 2.05) is 25.2 Å². The summed E-state index contributed by atoms with van der Waals surface area (Å²) in [5.41, 5.74) is 1.18. The molecule has 0 fully saturated rings. The van der Waals surface area contributed by atoms with E-state index in [0.717, 1.165) is 63.5 Å². The Kier molecular flexibility index (Phi) is 23.0. The van der Waals surface area contributed by atoms with Gasteiger partial charge in [0.25, 0.3) is 0 Å². The Morgan fingerprint density at radius 1 is 0.697 bits per heavy atom. The van der Waals surface area contributed by atoms with Crippen molar-refractivity contribution in [2.45, 2.75) is 71.1 Å².